The molecule has 1 aromatic rings. The Morgan fingerprint density at radius 1 is 1.38 bits per heavy atom. The van der Waals surface area contributed by atoms with Crippen LogP contribution in [0.25, 0.3) is 0 Å². The number of amides is 1. The molecule has 0 aromatic heterocycles. The van der Waals surface area contributed by atoms with Gasteiger partial charge in [0.1, 0.15) is 0 Å². The second-order valence-corrected chi connectivity index (χ2v) is 5.28. The van der Waals surface area contributed by atoms with Gasteiger partial charge >= 0.3 is 6.18 Å². The van der Waals surface area contributed by atoms with Crippen LogP contribution in [0.3, 0.4) is 0 Å². The minimum Gasteiger partial charge on any atom is -0.275 e. The van der Waals surface area contributed by atoms with Crippen LogP contribution in [0.1, 0.15) is 31.9 Å². The maximum atomic E-state index is 13.0. The quantitative estimate of drug-likeness (QED) is 0.777. The van der Waals surface area contributed by atoms with E-state index in [1.807, 2.05) is 0 Å². The number of benzene rings is 1. The summed E-state index contributed by atoms with van der Waals surface area (Å²) < 4.78 is 38.9. The van der Waals surface area contributed by atoms with E-state index in [0.29, 0.717) is 0 Å². The highest BCUT2D eigenvalue weighted by atomic mass is 32.1. The third-order valence-corrected chi connectivity index (χ3v) is 2.90. The molecule has 0 fully saturated rings. The van der Waals surface area contributed by atoms with Gasteiger partial charge in [0, 0.05) is 5.92 Å². The standard InChI is InChI=1S/C14H13F3N2OS/c1-8(2)13(20)19(9(3)21)11-5-4-10(7-18)12(6-11)14(15,16)17/h4-6,8H,1-3H3. The Hall–Kier alpha value is -1.94. The van der Waals surface area contributed by atoms with Crippen molar-refractivity contribution in [1.82, 2.24) is 0 Å². The summed E-state index contributed by atoms with van der Waals surface area (Å²) in [5.41, 5.74) is -1.57. The van der Waals surface area contributed by atoms with E-state index >= 15 is 0 Å². The number of alkyl halides is 3. The van der Waals surface area contributed by atoms with Gasteiger partial charge < -0.3 is 0 Å². The Kier molecular flexibility index (Phi) is 5.07. The van der Waals surface area contributed by atoms with Crippen molar-refractivity contribution < 1.29 is 18.0 Å². The highest BCUT2D eigenvalue weighted by molar-refractivity contribution is 7.80. The van der Waals surface area contributed by atoms with Gasteiger partial charge in [0.15, 0.2) is 0 Å². The molecule has 3 nitrogen and oxygen atoms in total. The number of hydrogen-bond donors (Lipinski definition) is 0. The van der Waals surface area contributed by atoms with Crippen molar-refractivity contribution in [2.75, 3.05) is 4.90 Å². The fourth-order valence-electron chi connectivity index (χ4n) is 1.73. The molecule has 0 radical (unpaired) electrons. The third-order valence-electron chi connectivity index (χ3n) is 2.72. The lowest BCUT2D eigenvalue weighted by Crippen LogP contribution is -2.37. The number of halogens is 3. The molecule has 0 saturated heterocycles. The number of rotatable bonds is 2. The highest BCUT2D eigenvalue weighted by Gasteiger charge is 2.35. The Morgan fingerprint density at radius 3 is 2.33 bits per heavy atom. The van der Waals surface area contributed by atoms with E-state index in [0.717, 1.165) is 17.0 Å². The molecule has 0 spiro atoms. The molecule has 0 unspecified atom stereocenters. The minimum atomic E-state index is -4.68. The first-order valence-corrected chi connectivity index (χ1v) is 6.46. The van der Waals surface area contributed by atoms with Gasteiger partial charge in [-0.3, -0.25) is 9.69 Å². The fourth-order valence-corrected chi connectivity index (χ4v) is 1.92. The molecule has 0 atom stereocenters. The maximum absolute atomic E-state index is 13.0. The van der Waals surface area contributed by atoms with Crippen LogP contribution in [0.15, 0.2) is 18.2 Å². The van der Waals surface area contributed by atoms with Gasteiger partial charge in [-0.2, -0.15) is 18.4 Å². The van der Waals surface area contributed by atoms with Crippen molar-refractivity contribution >= 4 is 28.8 Å². The summed E-state index contributed by atoms with van der Waals surface area (Å²) in [4.78, 5) is 13.3. The summed E-state index contributed by atoms with van der Waals surface area (Å²) in [5.74, 6) is -0.826. The third kappa shape index (κ3) is 3.79. The molecule has 21 heavy (non-hydrogen) atoms. The van der Waals surface area contributed by atoms with Gasteiger partial charge in [0.2, 0.25) is 5.91 Å². The van der Waals surface area contributed by atoms with Gasteiger partial charge in [-0.25, -0.2) is 0 Å². The zero-order valence-corrected chi connectivity index (χ0v) is 12.5. The summed E-state index contributed by atoms with van der Waals surface area (Å²) in [7, 11) is 0. The van der Waals surface area contributed by atoms with Crippen molar-refractivity contribution in [3.63, 3.8) is 0 Å². The predicted octanol–water partition coefficient (Wildman–Crippen LogP) is 3.91. The molecule has 0 aliphatic rings. The number of thiocarbonyl (C=S) groups is 1. The first-order valence-electron chi connectivity index (χ1n) is 6.05. The lowest BCUT2D eigenvalue weighted by Gasteiger charge is -2.24. The van der Waals surface area contributed by atoms with E-state index in [1.165, 1.54) is 19.1 Å². The molecule has 112 valence electrons. The van der Waals surface area contributed by atoms with E-state index in [9.17, 15) is 18.0 Å². The van der Waals surface area contributed by atoms with Crippen LogP contribution in [0.4, 0.5) is 18.9 Å². The second kappa shape index (κ2) is 6.22. The largest absolute Gasteiger partial charge is 0.417 e. The van der Waals surface area contributed by atoms with Gasteiger partial charge in [-0.15, -0.1) is 0 Å². The van der Waals surface area contributed by atoms with Crippen molar-refractivity contribution in [3.05, 3.63) is 29.3 Å². The molecule has 0 saturated carbocycles. The SMILES string of the molecule is CC(=S)N(C(=O)C(C)C)c1ccc(C#N)c(C(F)(F)F)c1. The van der Waals surface area contributed by atoms with E-state index in [4.69, 9.17) is 17.5 Å². The van der Waals surface area contributed by atoms with Crippen molar-refractivity contribution in [3.8, 4) is 6.07 Å². The van der Waals surface area contributed by atoms with Crippen LogP contribution in [0, 0.1) is 17.2 Å². The summed E-state index contributed by atoms with van der Waals surface area (Å²) in [6, 6.07) is 4.59. The van der Waals surface area contributed by atoms with Crippen LogP contribution < -0.4 is 4.90 Å². The van der Waals surface area contributed by atoms with E-state index < -0.39 is 29.1 Å². The molecular formula is C14H13F3N2OS. The van der Waals surface area contributed by atoms with E-state index in [-0.39, 0.29) is 10.7 Å². The van der Waals surface area contributed by atoms with Crippen molar-refractivity contribution in [2.45, 2.75) is 26.9 Å². The Bertz CT molecular complexity index is 618. The van der Waals surface area contributed by atoms with Gasteiger partial charge in [0.25, 0.3) is 0 Å². The predicted molar refractivity (Wildman–Crippen MR) is 76.8 cm³/mol. The number of nitriles is 1. The summed E-state index contributed by atoms with van der Waals surface area (Å²) in [6.45, 7) is 4.71. The number of carbonyl (C=O) groups excluding carboxylic acids is 1. The molecule has 7 heteroatoms. The van der Waals surface area contributed by atoms with Crippen LogP contribution in [0.2, 0.25) is 0 Å². The second-order valence-electron chi connectivity index (χ2n) is 4.69. The molecular weight excluding hydrogens is 301 g/mol. The van der Waals surface area contributed by atoms with Crippen LogP contribution in [-0.4, -0.2) is 10.9 Å². The number of anilines is 1. The Labute approximate surface area is 126 Å². The Balaban J connectivity index is 3.46. The van der Waals surface area contributed by atoms with Crippen LogP contribution >= 0.6 is 12.2 Å². The van der Waals surface area contributed by atoms with Crippen molar-refractivity contribution in [1.29, 1.82) is 5.26 Å². The van der Waals surface area contributed by atoms with Crippen LogP contribution in [0.5, 0.6) is 0 Å². The highest BCUT2D eigenvalue weighted by Crippen LogP contribution is 2.34. The molecule has 0 aliphatic heterocycles. The van der Waals surface area contributed by atoms with Crippen LogP contribution in [-0.2, 0) is 11.0 Å². The average Bonchev–Trinajstić information content (AvgIpc) is 2.37. The molecule has 0 heterocycles. The molecule has 1 amide bonds. The van der Waals surface area contributed by atoms with Gasteiger partial charge in [0.05, 0.1) is 27.9 Å². The van der Waals surface area contributed by atoms with Crippen molar-refractivity contribution in [2.24, 2.45) is 5.92 Å². The van der Waals surface area contributed by atoms with E-state index in [1.54, 1.807) is 13.8 Å². The normalized spacial score (nSPS) is 11.1. The molecule has 0 bridgehead atoms. The lowest BCUT2D eigenvalue weighted by molar-refractivity contribution is -0.137. The van der Waals surface area contributed by atoms with E-state index in [2.05, 4.69) is 0 Å². The number of nitrogens with zero attached hydrogens (tertiary/aromatic N) is 2. The summed E-state index contributed by atoms with van der Waals surface area (Å²) in [6.07, 6.45) is -4.68. The lowest BCUT2D eigenvalue weighted by atomic mass is 10.1. The monoisotopic (exact) mass is 314 g/mol. The first-order chi connectivity index (χ1) is 9.59. The topological polar surface area (TPSA) is 44.1 Å². The van der Waals surface area contributed by atoms with Gasteiger partial charge in [-0.05, 0) is 25.1 Å². The fraction of sp³-hybridized carbons (Fsp3) is 0.357. The molecule has 1 rings (SSSR count). The van der Waals surface area contributed by atoms with Gasteiger partial charge in [-0.1, -0.05) is 26.1 Å². The average molecular weight is 314 g/mol. The number of hydrogen-bond acceptors (Lipinski definition) is 3. The first kappa shape index (κ1) is 17.1. The zero-order chi connectivity index (χ0) is 16.4. The molecule has 0 N–H and O–H groups in total. The maximum Gasteiger partial charge on any atom is 0.417 e. The smallest absolute Gasteiger partial charge is 0.275 e. The summed E-state index contributed by atoms with van der Waals surface area (Å²) in [5, 5.41) is 8.76. The zero-order valence-electron chi connectivity index (χ0n) is 11.7. The minimum absolute atomic E-state index is 0.00697. The number of carbonyl (C=O) groups is 1. The Morgan fingerprint density at radius 2 is 1.95 bits per heavy atom. The molecule has 0 aliphatic carbocycles. The molecule has 1 aromatic carbocycles. The summed E-state index contributed by atoms with van der Waals surface area (Å²) >= 11 is 4.95.